The third kappa shape index (κ3) is 1.56. The number of fused-ring (bicyclic) bond motifs is 1. The van der Waals surface area contributed by atoms with Crippen molar-refractivity contribution < 1.29 is 0 Å². The molecule has 0 spiro atoms. The van der Waals surface area contributed by atoms with Crippen molar-refractivity contribution in [2.75, 3.05) is 0 Å². The van der Waals surface area contributed by atoms with Crippen molar-refractivity contribution in [2.45, 2.75) is 6.42 Å². The summed E-state index contributed by atoms with van der Waals surface area (Å²) in [6, 6.07) is 7.87. The Labute approximate surface area is 83.5 Å². The Hall–Kier alpha value is -1.34. The normalized spacial score (nSPS) is 10.2. The van der Waals surface area contributed by atoms with Gasteiger partial charge in [0.15, 0.2) is 4.73 Å². The van der Waals surface area contributed by atoms with Gasteiger partial charge in [0.05, 0.1) is 23.5 Å². The van der Waals surface area contributed by atoms with Crippen molar-refractivity contribution in [3.05, 3.63) is 28.5 Å². The zero-order valence-electron chi connectivity index (χ0n) is 6.71. The predicted octanol–water partition coefficient (Wildman–Crippen LogP) is 2.39. The number of H-pyrrole nitrogens is 1. The lowest BCUT2D eigenvalue weighted by Crippen LogP contribution is -1.80. The van der Waals surface area contributed by atoms with Gasteiger partial charge in [-0.15, -0.1) is 0 Å². The van der Waals surface area contributed by atoms with Crippen LogP contribution in [0.1, 0.15) is 5.56 Å². The Balaban J connectivity index is 2.56. The van der Waals surface area contributed by atoms with Crippen LogP contribution in [0.4, 0.5) is 0 Å². The summed E-state index contributed by atoms with van der Waals surface area (Å²) in [7, 11) is 0. The number of halogens is 1. The molecule has 3 nitrogen and oxygen atoms in total. The second-order valence-electron chi connectivity index (χ2n) is 2.71. The third-order valence-electron chi connectivity index (χ3n) is 1.80. The Morgan fingerprint density at radius 3 is 3.15 bits per heavy atom. The van der Waals surface area contributed by atoms with Crippen molar-refractivity contribution >= 4 is 27.0 Å². The molecule has 1 N–H and O–H groups in total. The quantitative estimate of drug-likeness (QED) is 0.826. The van der Waals surface area contributed by atoms with E-state index in [0.29, 0.717) is 6.42 Å². The van der Waals surface area contributed by atoms with Crippen LogP contribution in [0.15, 0.2) is 22.9 Å². The lowest BCUT2D eigenvalue weighted by Gasteiger charge is -1.92. The molecule has 0 aliphatic heterocycles. The molecule has 1 heterocycles. The molecule has 0 bridgehead atoms. The summed E-state index contributed by atoms with van der Waals surface area (Å²) >= 11 is 3.26. The van der Waals surface area contributed by atoms with E-state index >= 15 is 0 Å². The Morgan fingerprint density at radius 1 is 1.54 bits per heavy atom. The minimum atomic E-state index is 0.437. The summed E-state index contributed by atoms with van der Waals surface area (Å²) in [4.78, 5) is 7.25. The van der Waals surface area contributed by atoms with Gasteiger partial charge in [0, 0.05) is 0 Å². The fourth-order valence-electron chi connectivity index (χ4n) is 1.23. The van der Waals surface area contributed by atoms with E-state index in [2.05, 4.69) is 32.0 Å². The van der Waals surface area contributed by atoms with Crippen LogP contribution in [0, 0.1) is 11.3 Å². The van der Waals surface area contributed by atoms with E-state index in [9.17, 15) is 0 Å². The first-order chi connectivity index (χ1) is 6.29. The molecule has 0 aliphatic rings. The highest BCUT2D eigenvalue weighted by atomic mass is 79.9. The molecular formula is C9H6BrN3. The largest absolute Gasteiger partial charge is 0.332 e. The fourth-order valence-corrected chi connectivity index (χ4v) is 1.63. The molecule has 0 unspecified atom stereocenters. The first-order valence-corrected chi connectivity index (χ1v) is 4.60. The number of rotatable bonds is 1. The summed E-state index contributed by atoms with van der Waals surface area (Å²) in [5, 5.41) is 8.51. The van der Waals surface area contributed by atoms with E-state index in [0.717, 1.165) is 21.3 Å². The number of imidazole rings is 1. The van der Waals surface area contributed by atoms with Gasteiger partial charge in [-0.1, -0.05) is 6.07 Å². The Morgan fingerprint density at radius 2 is 2.38 bits per heavy atom. The van der Waals surface area contributed by atoms with Gasteiger partial charge in [-0.3, -0.25) is 0 Å². The monoisotopic (exact) mass is 235 g/mol. The number of hydrogen-bond donors (Lipinski definition) is 1. The fraction of sp³-hybridized carbons (Fsp3) is 0.111. The number of aromatic amines is 1. The zero-order valence-corrected chi connectivity index (χ0v) is 8.30. The zero-order chi connectivity index (χ0) is 9.26. The van der Waals surface area contributed by atoms with Crippen molar-refractivity contribution in [2.24, 2.45) is 0 Å². The standard InChI is InChI=1S/C9H6BrN3/c10-9-12-7-2-1-6(3-4-11)5-8(7)13-9/h1-2,5H,3H2,(H,12,13). The van der Waals surface area contributed by atoms with Crippen molar-refractivity contribution in [3.63, 3.8) is 0 Å². The molecule has 4 heteroatoms. The molecule has 0 saturated carbocycles. The molecule has 0 atom stereocenters. The summed E-state index contributed by atoms with van der Waals surface area (Å²) < 4.78 is 0.719. The summed E-state index contributed by atoms with van der Waals surface area (Å²) in [5.74, 6) is 0. The van der Waals surface area contributed by atoms with Crippen molar-refractivity contribution in [1.29, 1.82) is 5.26 Å². The van der Waals surface area contributed by atoms with E-state index in [1.165, 1.54) is 0 Å². The second-order valence-corrected chi connectivity index (χ2v) is 3.47. The highest BCUT2D eigenvalue weighted by Crippen LogP contribution is 2.16. The molecule has 2 aromatic rings. The maximum Gasteiger partial charge on any atom is 0.175 e. The van der Waals surface area contributed by atoms with Gasteiger partial charge < -0.3 is 4.98 Å². The summed E-state index contributed by atoms with van der Waals surface area (Å²) in [6.45, 7) is 0. The van der Waals surface area contributed by atoms with Gasteiger partial charge in [0.25, 0.3) is 0 Å². The maximum atomic E-state index is 8.51. The lowest BCUT2D eigenvalue weighted by molar-refractivity contribution is 1.26. The van der Waals surface area contributed by atoms with Gasteiger partial charge in [0.1, 0.15) is 0 Å². The van der Waals surface area contributed by atoms with E-state index in [1.54, 1.807) is 0 Å². The molecule has 0 saturated heterocycles. The molecule has 13 heavy (non-hydrogen) atoms. The molecule has 0 aliphatic carbocycles. The van der Waals surface area contributed by atoms with Crippen LogP contribution in [-0.4, -0.2) is 9.97 Å². The SMILES string of the molecule is N#CCc1ccc2nc(Br)[nH]c2c1. The van der Waals surface area contributed by atoms with E-state index in [1.807, 2.05) is 18.2 Å². The third-order valence-corrected chi connectivity index (χ3v) is 2.18. The minimum Gasteiger partial charge on any atom is -0.332 e. The number of hydrogen-bond acceptors (Lipinski definition) is 2. The van der Waals surface area contributed by atoms with Gasteiger partial charge in [-0.2, -0.15) is 5.26 Å². The molecule has 0 fully saturated rings. The molecule has 0 amide bonds. The average Bonchev–Trinajstić information content (AvgIpc) is 2.44. The molecular weight excluding hydrogens is 230 g/mol. The second kappa shape index (κ2) is 3.19. The number of aromatic nitrogens is 2. The highest BCUT2D eigenvalue weighted by Gasteiger charge is 2.00. The van der Waals surface area contributed by atoms with Crippen LogP contribution >= 0.6 is 15.9 Å². The van der Waals surface area contributed by atoms with E-state index in [4.69, 9.17) is 5.26 Å². The molecule has 1 aromatic heterocycles. The lowest BCUT2D eigenvalue weighted by atomic mass is 10.1. The summed E-state index contributed by atoms with van der Waals surface area (Å²) in [6.07, 6.45) is 0.437. The van der Waals surface area contributed by atoms with Crippen molar-refractivity contribution in [3.8, 4) is 6.07 Å². The first kappa shape index (κ1) is 8.27. The Bertz CT molecular complexity index is 481. The van der Waals surface area contributed by atoms with Crippen LogP contribution < -0.4 is 0 Å². The number of nitrogens with one attached hydrogen (secondary N) is 1. The molecule has 1 aromatic carbocycles. The Kier molecular flexibility index (Phi) is 2.03. The first-order valence-electron chi connectivity index (χ1n) is 3.80. The van der Waals surface area contributed by atoms with Crippen LogP contribution in [0.5, 0.6) is 0 Å². The molecule has 0 radical (unpaired) electrons. The van der Waals surface area contributed by atoms with Crippen LogP contribution in [0.2, 0.25) is 0 Å². The number of nitriles is 1. The highest BCUT2D eigenvalue weighted by molar-refractivity contribution is 9.10. The van der Waals surface area contributed by atoms with E-state index in [-0.39, 0.29) is 0 Å². The van der Waals surface area contributed by atoms with Crippen LogP contribution in [0.25, 0.3) is 11.0 Å². The molecule has 2 rings (SSSR count). The van der Waals surface area contributed by atoms with Crippen LogP contribution in [-0.2, 0) is 6.42 Å². The van der Waals surface area contributed by atoms with Gasteiger partial charge in [-0.05, 0) is 33.6 Å². The van der Waals surface area contributed by atoms with Crippen molar-refractivity contribution in [1.82, 2.24) is 9.97 Å². The minimum absolute atomic E-state index is 0.437. The van der Waals surface area contributed by atoms with E-state index < -0.39 is 0 Å². The molecule has 64 valence electrons. The average molecular weight is 236 g/mol. The van der Waals surface area contributed by atoms with Gasteiger partial charge in [0.2, 0.25) is 0 Å². The number of nitrogens with zero attached hydrogens (tertiary/aromatic N) is 2. The summed E-state index contributed by atoms with van der Waals surface area (Å²) in [5.41, 5.74) is 2.87. The van der Waals surface area contributed by atoms with Crippen LogP contribution in [0.3, 0.4) is 0 Å². The van der Waals surface area contributed by atoms with Gasteiger partial charge in [-0.25, -0.2) is 4.98 Å². The topological polar surface area (TPSA) is 52.5 Å². The maximum absolute atomic E-state index is 8.51. The predicted molar refractivity (Wildman–Crippen MR) is 53.1 cm³/mol. The smallest absolute Gasteiger partial charge is 0.175 e. The van der Waals surface area contributed by atoms with Gasteiger partial charge >= 0.3 is 0 Å². The number of benzene rings is 1.